The molecule has 0 aromatic heterocycles. The highest BCUT2D eigenvalue weighted by molar-refractivity contribution is 5.94. The van der Waals surface area contributed by atoms with Crippen LogP contribution in [0.4, 0.5) is 4.39 Å². The van der Waals surface area contributed by atoms with Gasteiger partial charge in [0.15, 0.2) is 0 Å². The molecule has 1 aliphatic carbocycles. The first kappa shape index (κ1) is 13.0. The molecule has 0 aliphatic heterocycles. The zero-order valence-electron chi connectivity index (χ0n) is 10.4. The molecule has 1 aromatic carbocycles. The summed E-state index contributed by atoms with van der Waals surface area (Å²) in [4.78, 5) is 12.0. The van der Waals surface area contributed by atoms with Crippen LogP contribution in [-0.2, 0) is 0 Å². The lowest BCUT2D eigenvalue weighted by atomic mass is 10.0. The van der Waals surface area contributed by atoms with E-state index in [1.807, 2.05) is 0 Å². The standard InChI is InChI=1S/C14H19FN2O/c15-11-6-4-5-10(9-11)14(18)17-13-8-3-1-2-7-12(13)16/h4-6,9,12-13H,1-3,7-8,16H2,(H,17,18). The zero-order valence-corrected chi connectivity index (χ0v) is 10.4. The minimum absolute atomic E-state index is 0.00303. The van der Waals surface area contributed by atoms with E-state index in [4.69, 9.17) is 5.73 Å². The van der Waals surface area contributed by atoms with Crippen LogP contribution >= 0.6 is 0 Å². The Labute approximate surface area is 107 Å². The Morgan fingerprint density at radius 1 is 1.28 bits per heavy atom. The number of nitrogens with one attached hydrogen (secondary N) is 1. The quantitative estimate of drug-likeness (QED) is 0.791. The van der Waals surface area contributed by atoms with Gasteiger partial charge in [0.25, 0.3) is 5.91 Å². The maximum atomic E-state index is 13.0. The molecule has 2 atom stereocenters. The number of amides is 1. The number of hydrogen-bond donors (Lipinski definition) is 2. The number of benzene rings is 1. The van der Waals surface area contributed by atoms with Gasteiger partial charge in [-0.2, -0.15) is 0 Å². The van der Waals surface area contributed by atoms with Crippen LogP contribution < -0.4 is 11.1 Å². The Morgan fingerprint density at radius 2 is 2.06 bits per heavy atom. The molecule has 0 spiro atoms. The molecular formula is C14H19FN2O. The highest BCUT2D eigenvalue weighted by Crippen LogP contribution is 2.17. The van der Waals surface area contributed by atoms with E-state index in [0.29, 0.717) is 5.56 Å². The van der Waals surface area contributed by atoms with Crippen LogP contribution in [0.3, 0.4) is 0 Å². The molecule has 0 saturated heterocycles. The van der Waals surface area contributed by atoms with Crippen molar-refractivity contribution < 1.29 is 9.18 Å². The summed E-state index contributed by atoms with van der Waals surface area (Å²) in [7, 11) is 0. The van der Waals surface area contributed by atoms with Gasteiger partial charge in [-0.05, 0) is 31.0 Å². The van der Waals surface area contributed by atoms with E-state index in [1.54, 1.807) is 6.07 Å². The zero-order chi connectivity index (χ0) is 13.0. The lowest BCUT2D eigenvalue weighted by Crippen LogP contribution is -2.46. The third kappa shape index (κ3) is 3.29. The Hall–Kier alpha value is -1.42. The van der Waals surface area contributed by atoms with Gasteiger partial charge in [-0.3, -0.25) is 4.79 Å². The summed E-state index contributed by atoms with van der Waals surface area (Å²) in [6, 6.07) is 5.73. The van der Waals surface area contributed by atoms with Crippen LogP contribution in [0.5, 0.6) is 0 Å². The van der Waals surface area contributed by atoms with Crippen molar-refractivity contribution in [3.63, 3.8) is 0 Å². The summed E-state index contributed by atoms with van der Waals surface area (Å²) in [5.74, 6) is -0.635. The Kier molecular flexibility index (Phi) is 4.31. The van der Waals surface area contributed by atoms with Crippen molar-refractivity contribution in [1.29, 1.82) is 0 Å². The molecule has 0 bridgehead atoms. The first-order valence-corrected chi connectivity index (χ1v) is 6.49. The van der Waals surface area contributed by atoms with Gasteiger partial charge in [0.1, 0.15) is 5.82 Å². The number of halogens is 1. The third-order valence-electron chi connectivity index (χ3n) is 3.47. The van der Waals surface area contributed by atoms with E-state index in [1.165, 1.54) is 24.6 Å². The molecule has 1 saturated carbocycles. The van der Waals surface area contributed by atoms with Crippen molar-refractivity contribution in [2.45, 2.75) is 44.2 Å². The lowest BCUT2D eigenvalue weighted by Gasteiger charge is -2.22. The van der Waals surface area contributed by atoms with E-state index in [9.17, 15) is 9.18 Å². The number of rotatable bonds is 2. The predicted molar refractivity (Wildman–Crippen MR) is 68.7 cm³/mol. The number of hydrogen-bond acceptors (Lipinski definition) is 2. The van der Waals surface area contributed by atoms with Crippen molar-refractivity contribution in [2.24, 2.45) is 5.73 Å². The first-order valence-electron chi connectivity index (χ1n) is 6.49. The highest BCUT2D eigenvalue weighted by Gasteiger charge is 2.22. The molecule has 4 heteroatoms. The minimum Gasteiger partial charge on any atom is -0.348 e. The van der Waals surface area contributed by atoms with Gasteiger partial charge in [0.05, 0.1) is 0 Å². The van der Waals surface area contributed by atoms with E-state index >= 15 is 0 Å². The molecule has 1 fully saturated rings. The molecular weight excluding hydrogens is 231 g/mol. The average Bonchev–Trinajstić information content (AvgIpc) is 2.55. The molecule has 3 N–H and O–H groups in total. The molecule has 0 heterocycles. The molecule has 1 amide bonds. The fourth-order valence-corrected chi connectivity index (χ4v) is 2.40. The summed E-state index contributed by atoms with van der Waals surface area (Å²) >= 11 is 0. The van der Waals surface area contributed by atoms with Gasteiger partial charge >= 0.3 is 0 Å². The Morgan fingerprint density at radius 3 is 2.83 bits per heavy atom. The largest absolute Gasteiger partial charge is 0.348 e. The minimum atomic E-state index is -0.396. The molecule has 1 aromatic rings. The third-order valence-corrected chi connectivity index (χ3v) is 3.47. The second kappa shape index (κ2) is 5.96. The number of nitrogens with two attached hydrogens (primary N) is 1. The van der Waals surface area contributed by atoms with Gasteiger partial charge < -0.3 is 11.1 Å². The monoisotopic (exact) mass is 250 g/mol. The molecule has 2 unspecified atom stereocenters. The topological polar surface area (TPSA) is 55.1 Å². The molecule has 98 valence electrons. The molecule has 18 heavy (non-hydrogen) atoms. The van der Waals surface area contributed by atoms with Crippen molar-refractivity contribution in [3.8, 4) is 0 Å². The van der Waals surface area contributed by atoms with Crippen molar-refractivity contribution >= 4 is 5.91 Å². The maximum Gasteiger partial charge on any atom is 0.251 e. The number of carbonyl (C=O) groups excluding carboxylic acids is 1. The second-order valence-corrected chi connectivity index (χ2v) is 4.89. The van der Waals surface area contributed by atoms with Gasteiger partial charge in [-0.15, -0.1) is 0 Å². The van der Waals surface area contributed by atoms with Gasteiger partial charge in [0.2, 0.25) is 0 Å². The summed E-state index contributed by atoms with van der Waals surface area (Å²) in [5.41, 5.74) is 6.40. The predicted octanol–water partition coefficient (Wildman–Crippen LogP) is 2.22. The van der Waals surface area contributed by atoms with Crippen molar-refractivity contribution in [3.05, 3.63) is 35.6 Å². The van der Waals surface area contributed by atoms with Crippen molar-refractivity contribution in [1.82, 2.24) is 5.32 Å². The Balaban J connectivity index is 2.01. The van der Waals surface area contributed by atoms with Crippen LogP contribution in [0.25, 0.3) is 0 Å². The van der Waals surface area contributed by atoms with Gasteiger partial charge in [-0.25, -0.2) is 4.39 Å². The van der Waals surface area contributed by atoms with Crippen molar-refractivity contribution in [2.75, 3.05) is 0 Å². The summed E-state index contributed by atoms with van der Waals surface area (Å²) in [6.45, 7) is 0. The fraction of sp³-hybridized carbons (Fsp3) is 0.500. The summed E-state index contributed by atoms with van der Waals surface area (Å²) < 4.78 is 13.0. The van der Waals surface area contributed by atoms with Crippen LogP contribution in [0.2, 0.25) is 0 Å². The summed E-state index contributed by atoms with van der Waals surface area (Å²) in [5, 5.41) is 2.92. The van der Waals surface area contributed by atoms with Crippen LogP contribution in [0, 0.1) is 5.82 Å². The van der Waals surface area contributed by atoms with Crippen LogP contribution in [0.15, 0.2) is 24.3 Å². The molecule has 2 rings (SSSR count). The van der Waals surface area contributed by atoms with E-state index < -0.39 is 5.82 Å². The number of carbonyl (C=O) groups is 1. The highest BCUT2D eigenvalue weighted by atomic mass is 19.1. The second-order valence-electron chi connectivity index (χ2n) is 4.89. The SMILES string of the molecule is NC1CCCCCC1NC(=O)c1cccc(F)c1. The van der Waals surface area contributed by atoms with Crippen LogP contribution in [-0.4, -0.2) is 18.0 Å². The van der Waals surface area contributed by atoms with E-state index in [0.717, 1.165) is 25.7 Å². The summed E-state index contributed by atoms with van der Waals surface area (Å²) in [6.07, 6.45) is 5.21. The normalized spacial score (nSPS) is 24.3. The smallest absolute Gasteiger partial charge is 0.251 e. The molecule has 3 nitrogen and oxygen atoms in total. The van der Waals surface area contributed by atoms with E-state index in [2.05, 4.69) is 5.32 Å². The van der Waals surface area contributed by atoms with E-state index in [-0.39, 0.29) is 18.0 Å². The van der Waals surface area contributed by atoms with Gasteiger partial charge in [0, 0.05) is 17.6 Å². The average molecular weight is 250 g/mol. The molecule has 0 radical (unpaired) electrons. The lowest BCUT2D eigenvalue weighted by molar-refractivity contribution is 0.0928. The maximum absolute atomic E-state index is 13.0. The fourth-order valence-electron chi connectivity index (χ4n) is 2.40. The molecule has 1 aliphatic rings. The van der Waals surface area contributed by atoms with Gasteiger partial charge in [-0.1, -0.05) is 25.3 Å². The van der Waals surface area contributed by atoms with Crippen LogP contribution in [0.1, 0.15) is 42.5 Å². The Bertz CT molecular complexity index is 422. The first-order chi connectivity index (χ1) is 8.66.